The Morgan fingerprint density at radius 1 is 1.34 bits per heavy atom. The zero-order valence-corrected chi connectivity index (χ0v) is 16.9. The summed E-state index contributed by atoms with van der Waals surface area (Å²) in [6.45, 7) is 4.58. The van der Waals surface area contributed by atoms with Crippen LogP contribution in [0.25, 0.3) is 11.0 Å². The predicted octanol–water partition coefficient (Wildman–Crippen LogP) is 3.09. The number of aryl methyl sites for hydroxylation is 1. The van der Waals surface area contributed by atoms with Gasteiger partial charge in [0.2, 0.25) is 0 Å². The van der Waals surface area contributed by atoms with E-state index >= 15 is 0 Å². The first kappa shape index (κ1) is 19.4. The number of furan rings is 1. The molecule has 1 amide bonds. The number of ether oxygens (including phenoxy) is 1. The Kier molecular flexibility index (Phi) is 5.49. The summed E-state index contributed by atoms with van der Waals surface area (Å²) < 4.78 is 11.4. The highest BCUT2D eigenvalue weighted by Gasteiger charge is 2.23. The monoisotopic (exact) mass is 394 g/mol. The molecule has 3 aromatic rings. The molecule has 1 saturated heterocycles. The van der Waals surface area contributed by atoms with E-state index in [0.717, 1.165) is 67.1 Å². The second-order valence-electron chi connectivity index (χ2n) is 7.66. The lowest BCUT2D eigenvalue weighted by molar-refractivity contribution is 0.0997. The lowest BCUT2D eigenvalue weighted by atomic mass is 9.90. The number of benzene rings is 1. The number of para-hydroxylation sites is 1. The van der Waals surface area contributed by atoms with Gasteiger partial charge < -0.3 is 14.9 Å². The van der Waals surface area contributed by atoms with Crippen molar-refractivity contribution >= 4 is 16.9 Å². The Morgan fingerprint density at radius 3 is 2.86 bits per heavy atom. The van der Waals surface area contributed by atoms with Gasteiger partial charge in [-0.15, -0.1) is 0 Å². The van der Waals surface area contributed by atoms with E-state index in [2.05, 4.69) is 20.9 Å². The molecule has 3 heterocycles. The molecule has 0 aliphatic carbocycles. The first-order valence-electron chi connectivity index (χ1n) is 9.93. The molecule has 1 aromatic carbocycles. The molecular weight excluding hydrogens is 368 g/mol. The second kappa shape index (κ2) is 8.21. The minimum absolute atomic E-state index is 0.439. The summed E-state index contributed by atoms with van der Waals surface area (Å²) in [5.41, 5.74) is 7.50. The second-order valence-corrected chi connectivity index (χ2v) is 7.66. The number of rotatable bonds is 6. The van der Waals surface area contributed by atoms with Crippen molar-refractivity contribution in [1.29, 1.82) is 0 Å². The summed E-state index contributed by atoms with van der Waals surface area (Å²) >= 11 is 0. The molecule has 7 heteroatoms. The summed E-state index contributed by atoms with van der Waals surface area (Å²) in [6.07, 6.45) is 4.40. The summed E-state index contributed by atoms with van der Waals surface area (Å²) in [7, 11) is 1.66. The number of nitrogens with two attached hydrogens (primary N) is 1. The third kappa shape index (κ3) is 4.24. The fourth-order valence-electron chi connectivity index (χ4n) is 4.05. The zero-order chi connectivity index (χ0) is 20.4. The van der Waals surface area contributed by atoms with E-state index in [1.165, 1.54) is 0 Å². The Balaban J connectivity index is 1.38. The molecule has 7 nitrogen and oxygen atoms in total. The average Bonchev–Trinajstić information content (AvgIpc) is 3.11. The molecule has 1 fully saturated rings. The van der Waals surface area contributed by atoms with Gasteiger partial charge in [-0.2, -0.15) is 0 Å². The fraction of sp³-hybridized carbons (Fsp3) is 0.409. The van der Waals surface area contributed by atoms with Gasteiger partial charge in [-0.3, -0.25) is 9.69 Å². The quantitative estimate of drug-likeness (QED) is 0.690. The molecule has 29 heavy (non-hydrogen) atoms. The highest BCUT2D eigenvalue weighted by molar-refractivity contribution is 5.93. The smallest absolute Gasteiger partial charge is 0.252 e. The van der Waals surface area contributed by atoms with Crippen molar-refractivity contribution in [2.24, 2.45) is 11.7 Å². The summed E-state index contributed by atoms with van der Waals surface area (Å²) in [6, 6.07) is 8.02. The number of nitrogens with zero attached hydrogens (tertiary/aromatic N) is 3. The minimum atomic E-state index is -0.460. The molecule has 0 radical (unpaired) electrons. The number of methoxy groups -OCH3 is 1. The normalized spacial score (nSPS) is 15.7. The molecule has 1 aliphatic rings. The lowest BCUT2D eigenvalue weighted by Crippen LogP contribution is -2.34. The molecule has 4 rings (SSSR count). The zero-order valence-electron chi connectivity index (χ0n) is 16.9. The Bertz CT molecular complexity index is 1020. The van der Waals surface area contributed by atoms with Gasteiger partial charge in [0.25, 0.3) is 5.91 Å². The fourth-order valence-corrected chi connectivity index (χ4v) is 4.05. The number of likely N-dealkylation sites (tertiary alicyclic amines) is 1. The average molecular weight is 394 g/mol. The standard InChI is InChI=1S/C22H26N4O3/c1-14-24-12-18(22(23)27)19(25-14)10-15-6-8-26(9-7-15)13-17-11-16-4-3-5-20(28-2)21(16)29-17/h3-5,11-12,15H,6-10,13H2,1-2H3,(H2,23,27). The van der Waals surface area contributed by atoms with Crippen LogP contribution in [0.5, 0.6) is 5.75 Å². The van der Waals surface area contributed by atoms with Crippen LogP contribution in [0.4, 0.5) is 0 Å². The number of carbonyl (C=O) groups is 1. The van der Waals surface area contributed by atoms with Crippen LogP contribution in [0.15, 0.2) is 34.9 Å². The third-order valence-electron chi connectivity index (χ3n) is 5.60. The van der Waals surface area contributed by atoms with E-state index in [9.17, 15) is 4.79 Å². The van der Waals surface area contributed by atoms with Crippen molar-refractivity contribution in [3.8, 4) is 5.75 Å². The van der Waals surface area contributed by atoms with Crippen molar-refractivity contribution in [3.05, 3.63) is 53.3 Å². The van der Waals surface area contributed by atoms with Crippen LogP contribution in [0.1, 0.15) is 40.5 Å². The summed E-state index contributed by atoms with van der Waals surface area (Å²) in [5.74, 6) is 2.40. The molecular formula is C22H26N4O3. The Hall–Kier alpha value is -2.93. The van der Waals surface area contributed by atoms with Gasteiger partial charge in [-0.05, 0) is 57.3 Å². The van der Waals surface area contributed by atoms with Gasteiger partial charge in [0, 0.05) is 11.6 Å². The van der Waals surface area contributed by atoms with Gasteiger partial charge in [-0.1, -0.05) is 12.1 Å². The molecule has 0 atom stereocenters. The molecule has 152 valence electrons. The maximum Gasteiger partial charge on any atom is 0.252 e. The van der Waals surface area contributed by atoms with E-state index in [-0.39, 0.29) is 0 Å². The van der Waals surface area contributed by atoms with Gasteiger partial charge in [-0.25, -0.2) is 9.97 Å². The van der Waals surface area contributed by atoms with Crippen LogP contribution in [-0.2, 0) is 13.0 Å². The minimum Gasteiger partial charge on any atom is -0.493 e. The van der Waals surface area contributed by atoms with Crippen LogP contribution >= 0.6 is 0 Å². The highest BCUT2D eigenvalue weighted by Crippen LogP contribution is 2.30. The number of hydrogen-bond acceptors (Lipinski definition) is 6. The van der Waals surface area contributed by atoms with Crippen molar-refractivity contribution in [3.63, 3.8) is 0 Å². The van der Waals surface area contributed by atoms with E-state index < -0.39 is 5.91 Å². The van der Waals surface area contributed by atoms with E-state index in [0.29, 0.717) is 17.3 Å². The largest absolute Gasteiger partial charge is 0.493 e. The first-order chi connectivity index (χ1) is 14.0. The van der Waals surface area contributed by atoms with Crippen molar-refractivity contribution in [2.75, 3.05) is 20.2 Å². The van der Waals surface area contributed by atoms with Crippen molar-refractivity contribution in [2.45, 2.75) is 32.7 Å². The Labute approximate surface area is 169 Å². The summed E-state index contributed by atoms with van der Waals surface area (Å²) in [4.78, 5) is 22.6. The number of primary amides is 1. The SMILES string of the molecule is COc1cccc2cc(CN3CCC(Cc4nc(C)ncc4C(N)=O)CC3)oc12. The highest BCUT2D eigenvalue weighted by atomic mass is 16.5. The van der Waals surface area contributed by atoms with Crippen LogP contribution in [0.3, 0.4) is 0 Å². The molecule has 0 spiro atoms. The van der Waals surface area contributed by atoms with Gasteiger partial charge in [0.1, 0.15) is 11.6 Å². The maximum absolute atomic E-state index is 11.7. The molecule has 2 aromatic heterocycles. The Morgan fingerprint density at radius 2 is 2.14 bits per heavy atom. The number of piperidine rings is 1. The number of aromatic nitrogens is 2. The van der Waals surface area contributed by atoms with Gasteiger partial charge in [0.15, 0.2) is 11.3 Å². The predicted molar refractivity (Wildman–Crippen MR) is 110 cm³/mol. The van der Waals surface area contributed by atoms with Crippen LogP contribution in [-0.4, -0.2) is 41.0 Å². The van der Waals surface area contributed by atoms with E-state index in [1.54, 1.807) is 13.3 Å². The van der Waals surface area contributed by atoms with Crippen molar-refractivity contribution < 1.29 is 13.9 Å². The van der Waals surface area contributed by atoms with E-state index in [4.69, 9.17) is 14.9 Å². The topological polar surface area (TPSA) is 94.5 Å². The summed E-state index contributed by atoms with van der Waals surface area (Å²) in [5, 5.41) is 1.06. The third-order valence-corrected chi connectivity index (χ3v) is 5.60. The lowest BCUT2D eigenvalue weighted by Gasteiger charge is -2.31. The van der Waals surface area contributed by atoms with Gasteiger partial charge in [0.05, 0.1) is 24.9 Å². The van der Waals surface area contributed by atoms with Crippen LogP contribution in [0, 0.1) is 12.8 Å². The molecule has 0 unspecified atom stereocenters. The number of hydrogen-bond donors (Lipinski definition) is 1. The molecule has 1 aliphatic heterocycles. The molecule has 2 N–H and O–H groups in total. The van der Waals surface area contributed by atoms with Crippen LogP contribution < -0.4 is 10.5 Å². The van der Waals surface area contributed by atoms with Crippen LogP contribution in [0.2, 0.25) is 0 Å². The van der Waals surface area contributed by atoms with Crippen molar-refractivity contribution in [1.82, 2.24) is 14.9 Å². The maximum atomic E-state index is 11.7. The molecule has 0 bridgehead atoms. The number of carbonyl (C=O) groups excluding carboxylic acids is 1. The number of amides is 1. The first-order valence-corrected chi connectivity index (χ1v) is 9.93. The van der Waals surface area contributed by atoms with E-state index in [1.807, 2.05) is 25.1 Å². The van der Waals surface area contributed by atoms with Gasteiger partial charge >= 0.3 is 0 Å². The number of fused-ring (bicyclic) bond motifs is 1. The molecule has 0 saturated carbocycles.